The Kier molecular flexibility index (Phi) is 5.12. The fourth-order valence-electron chi connectivity index (χ4n) is 3.58. The van der Waals surface area contributed by atoms with Crippen LogP contribution in [0.2, 0.25) is 0 Å². The Morgan fingerprint density at radius 3 is 2.59 bits per heavy atom. The van der Waals surface area contributed by atoms with Crippen molar-refractivity contribution in [3.63, 3.8) is 0 Å². The maximum atomic E-state index is 9.73. The van der Waals surface area contributed by atoms with Gasteiger partial charge in [0.05, 0.1) is 0 Å². The number of rotatable bonds is 5. The van der Waals surface area contributed by atoms with E-state index in [0.29, 0.717) is 17.7 Å². The van der Waals surface area contributed by atoms with E-state index < -0.39 is 0 Å². The summed E-state index contributed by atoms with van der Waals surface area (Å²) >= 11 is 0. The highest BCUT2D eigenvalue weighted by molar-refractivity contribution is 5.31. The van der Waals surface area contributed by atoms with Crippen molar-refractivity contribution in [2.75, 3.05) is 6.54 Å². The third-order valence-electron chi connectivity index (χ3n) is 4.73. The van der Waals surface area contributed by atoms with Gasteiger partial charge in [0.1, 0.15) is 5.75 Å². The minimum atomic E-state index is 0.381. The van der Waals surface area contributed by atoms with Crippen LogP contribution in [0.3, 0.4) is 0 Å². The summed E-state index contributed by atoms with van der Waals surface area (Å²) in [6.07, 6.45) is 6.11. The summed E-state index contributed by atoms with van der Waals surface area (Å²) < 4.78 is 0. The summed E-state index contributed by atoms with van der Waals surface area (Å²) in [4.78, 5) is 0. The van der Waals surface area contributed by atoms with Gasteiger partial charge in [-0.05, 0) is 55.0 Å². The van der Waals surface area contributed by atoms with Crippen molar-refractivity contribution in [3.8, 4) is 5.75 Å². The molecular formula is C20H25NO. The lowest BCUT2D eigenvalue weighted by Gasteiger charge is -2.33. The lowest BCUT2D eigenvalue weighted by Crippen LogP contribution is -2.38. The maximum Gasteiger partial charge on any atom is 0.115 e. The first kappa shape index (κ1) is 15.1. The van der Waals surface area contributed by atoms with Gasteiger partial charge in [-0.25, -0.2) is 0 Å². The zero-order valence-corrected chi connectivity index (χ0v) is 13.0. The smallest absolute Gasteiger partial charge is 0.115 e. The Labute approximate surface area is 133 Å². The Morgan fingerprint density at radius 2 is 1.77 bits per heavy atom. The third kappa shape index (κ3) is 3.89. The monoisotopic (exact) mass is 295 g/mol. The van der Waals surface area contributed by atoms with Crippen LogP contribution in [0.15, 0.2) is 54.6 Å². The largest absolute Gasteiger partial charge is 0.508 e. The van der Waals surface area contributed by atoms with Crippen LogP contribution in [0.25, 0.3) is 0 Å². The van der Waals surface area contributed by atoms with Gasteiger partial charge in [0, 0.05) is 6.04 Å². The Balaban J connectivity index is 1.60. The van der Waals surface area contributed by atoms with Gasteiger partial charge in [0.15, 0.2) is 0 Å². The molecule has 2 aromatic carbocycles. The molecule has 1 aliphatic rings. The standard InChI is InChI=1S/C20H25NO/c22-18-10-6-9-17(15-18)19-11-4-5-12-20(19)21-14-13-16-7-2-1-3-8-16/h1-3,6-10,15,19-22H,4-5,11-14H2. The molecule has 116 valence electrons. The van der Waals surface area contributed by atoms with Gasteiger partial charge in [-0.15, -0.1) is 0 Å². The molecule has 0 saturated heterocycles. The first-order chi connectivity index (χ1) is 10.8. The summed E-state index contributed by atoms with van der Waals surface area (Å²) in [5.74, 6) is 0.905. The average molecular weight is 295 g/mol. The molecule has 2 N–H and O–H groups in total. The van der Waals surface area contributed by atoms with Crippen molar-refractivity contribution >= 4 is 0 Å². The zero-order chi connectivity index (χ0) is 15.2. The molecule has 2 aromatic rings. The highest BCUT2D eigenvalue weighted by atomic mass is 16.3. The van der Waals surface area contributed by atoms with Gasteiger partial charge in [0.2, 0.25) is 0 Å². The van der Waals surface area contributed by atoms with Crippen LogP contribution >= 0.6 is 0 Å². The van der Waals surface area contributed by atoms with Gasteiger partial charge >= 0.3 is 0 Å². The van der Waals surface area contributed by atoms with Crippen molar-refractivity contribution in [2.24, 2.45) is 0 Å². The second-order valence-corrected chi connectivity index (χ2v) is 6.28. The number of phenolic OH excluding ortho intramolecular Hbond substituents is 1. The Hall–Kier alpha value is -1.80. The number of aromatic hydroxyl groups is 1. The molecule has 0 spiro atoms. The van der Waals surface area contributed by atoms with E-state index in [9.17, 15) is 5.11 Å². The van der Waals surface area contributed by atoms with E-state index in [1.807, 2.05) is 12.1 Å². The first-order valence-corrected chi connectivity index (χ1v) is 8.39. The van der Waals surface area contributed by atoms with Gasteiger partial charge in [-0.1, -0.05) is 55.3 Å². The van der Waals surface area contributed by atoms with Crippen molar-refractivity contribution in [2.45, 2.75) is 44.1 Å². The molecule has 2 unspecified atom stereocenters. The summed E-state index contributed by atoms with van der Waals surface area (Å²) in [5, 5.41) is 13.5. The first-order valence-electron chi connectivity index (χ1n) is 8.39. The number of phenols is 1. The molecule has 1 saturated carbocycles. The topological polar surface area (TPSA) is 32.3 Å². The summed E-state index contributed by atoms with van der Waals surface area (Å²) in [5.41, 5.74) is 2.66. The lowest BCUT2D eigenvalue weighted by molar-refractivity contribution is 0.328. The SMILES string of the molecule is Oc1cccc(C2CCCCC2NCCc2ccccc2)c1. The van der Waals surface area contributed by atoms with E-state index >= 15 is 0 Å². The molecule has 0 amide bonds. The van der Waals surface area contributed by atoms with Crippen LogP contribution in [-0.4, -0.2) is 17.7 Å². The predicted octanol–water partition coefficient (Wildman–Crippen LogP) is 4.25. The van der Waals surface area contributed by atoms with Gasteiger partial charge < -0.3 is 10.4 Å². The molecule has 0 radical (unpaired) electrons. The van der Waals surface area contributed by atoms with Crippen LogP contribution in [0.1, 0.15) is 42.7 Å². The average Bonchev–Trinajstić information content (AvgIpc) is 2.56. The van der Waals surface area contributed by atoms with Crippen LogP contribution in [0.5, 0.6) is 5.75 Å². The molecule has 1 aliphatic carbocycles. The van der Waals surface area contributed by atoms with Crippen molar-refractivity contribution in [3.05, 3.63) is 65.7 Å². The number of hydrogen-bond acceptors (Lipinski definition) is 2. The summed E-state index contributed by atoms with van der Waals surface area (Å²) in [6, 6.07) is 19.0. The highest BCUT2D eigenvalue weighted by Gasteiger charge is 2.26. The van der Waals surface area contributed by atoms with Gasteiger partial charge in [0.25, 0.3) is 0 Å². The zero-order valence-electron chi connectivity index (χ0n) is 13.0. The molecular weight excluding hydrogens is 270 g/mol. The van der Waals surface area contributed by atoms with E-state index in [1.165, 1.54) is 36.8 Å². The van der Waals surface area contributed by atoms with Crippen molar-refractivity contribution in [1.82, 2.24) is 5.32 Å². The molecule has 1 fully saturated rings. The van der Waals surface area contributed by atoms with Crippen LogP contribution in [0, 0.1) is 0 Å². The fourth-order valence-corrected chi connectivity index (χ4v) is 3.58. The molecule has 0 heterocycles. The summed E-state index contributed by atoms with van der Waals surface area (Å²) in [7, 11) is 0. The van der Waals surface area contributed by atoms with E-state index in [4.69, 9.17) is 0 Å². The quantitative estimate of drug-likeness (QED) is 0.864. The fraction of sp³-hybridized carbons (Fsp3) is 0.400. The Bertz CT molecular complexity index is 581. The van der Waals surface area contributed by atoms with Gasteiger partial charge in [-0.2, -0.15) is 0 Å². The third-order valence-corrected chi connectivity index (χ3v) is 4.73. The lowest BCUT2D eigenvalue weighted by atomic mass is 9.80. The van der Waals surface area contributed by atoms with Crippen molar-refractivity contribution in [1.29, 1.82) is 0 Å². The molecule has 22 heavy (non-hydrogen) atoms. The Morgan fingerprint density at radius 1 is 0.955 bits per heavy atom. The number of hydrogen-bond donors (Lipinski definition) is 2. The van der Waals surface area contributed by atoms with Crippen LogP contribution in [0.4, 0.5) is 0 Å². The van der Waals surface area contributed by atoms with E-state index in [1.54, 1.807) is 6.07 Å². The molecule has 3 rings (SSSR count). The maximum absolute atomic E-state index is 9.73. The van der Waals surface area contributed by atoms with Crippen LogP contribution in [-0.2, 0) is 6.42 Å². The molecule has 0 aromatic heterocycles. The predicted molar refractivity (Wildman–Crippen MR) is 91.3 cm³/mol. The van der Waals surface area contributed by atoms with E-state index in [-0.39, 0.29) is 0 Å². The van der Waals surface area contributed by atoms with E-state index in [2.05, 4.69) is 41.7 Å². The second kappa shape index (κ2) is 7.46. The molecule has 0 aliphatic heterocycles. The van der Waals surface area contributed by atoms with Gasteiger partial charge in [-0.3, -0.25) is 0 Å². The second-order valence-electron chi connectivity index (χ2n) is 6.28. The van der Waals surface area contributed by atoms with Crippen molar-refractivity contribution < 1.29 is 5.11 Å². The minimum absolute atomic E-state index is 0.381. The molecule has 2 atom stereocenters. The highest BCUT2D eigenvalue weighted by Crippen LogP contribution is 2.34. The molecule has 2 heteroatoms. The molecule has 2 nitrogen and oxygen atoms in total. The normalized spacial score (nSPS) is 21.6. The number of benzene rings is 2. The van der Waals surface area contributed by atoms with Crippen LogP contribution < -0.4 is 5.32 Å². The molecule has 0 bridgehead atoms. The minimum Gasteiger partial charge on any atom is -0.508 e. The summed E-state index contributed by atoms with van der Waals surface area (Å²) in [6.45, 7) is 1.02. The van der Waals surface area contributed by atoms with E-state index in [0.717, 1.165) is 13.0 Å². The number of nitrogens with one attached hydrogen (secondary N) is 1.